The van der Waals surface area contributed by atoms with Gasteiger partial charge in [-0.15, -0.1) is 0 Å². The largest absolute Gasteiger partial charge is 0.386 e. The van der Waals surface area contributed by atoms with Gasteiger partial charge in [0.1, 0.15) is 0 Å². The van der Waals surface area contributed by atoms with Crippen molar-refractivity contribution in [2.24, 2.45) is 0 Å². The molecule has 1 fully saturated rings. The van der Waals surface area contributed by atoms with Gasteiger partial charge in [0.25, 0.3) is 10.0 Å². The lowest BCUT2D eigenvalue weighted by Gasteiger charge is -2.38. The average molecular weight is 255 g/mol. The SMILES string of the molecule is CNc1cccnc1S(=O)(=O)NC1(C)CCC1. The first-order valence-corrected chi connectivity index (χ1v) is 7.12. The molecule has 0 spiro atoms. The van der Waals surface area contributed by atoms with E-state index < -0.39 is 10.0 Å². The molecule has 1 saturated carbocycles. The van der Waals surface area contributed by atoms with Crippen molar-refractivity contribution in [3.05, 3.63) is 18.3 Å². The Bertz CT molecular complexity index is 509. The second-order valence-corrected chi connectivity index (χ2v) is 6.22. The summed E-state index contributed by atoms with van der Waals surface area (Å²) in [4.78, 5) is 3.95. The minimum absolute atomic E-state index is 0.0654. The van der Waals surface area contributed by atoms with Crippen molar-refractivity contribution >= 4 is 15.7 Å². The number of aromatic nitrogens is 1. The Balaban J connectivity index is 2.31. The van der Waals surface area contributed by atoms with Crippen LogP contribution in [0.3, 0.4) is 0 Å². The Morgan fingerprint density at radius 1 is 1.41 bits per heavy atom. The van der Waals surface area contributed by atoms with Gasteiger partial charge in [0.15, 0.2) is 5.03 Å². The molecule has 0 bridgehead atoms. The van der Waals surface area contributed by atoms with Crippen molar-refractivity contribution in [1.29, 1.82) is 0 Å². The lowest BCUT2D eigenvalue weighted by atomic mass is 9.80. The molecule has 0 saturated heterocycles. The van der Waals surface area contributed by atoms with E-state index in [9.17, 15) is 8.42 Å². The molecule has 0 radical (unpaired) electrons. The standard InChI is InChI=1S/C11H17N3O2S/c1-11(6-4-7-11)14-17(15,16)10-9(12-2)5-3-8-13-10/h3,5,8,12,14H,4,6-7H2,1-2H3. The maximum atomic E-state index is 12.2. The highest BCUT2D eigenvalue weighted by molar-refractivity contribution is 7.89. The lowest BCUT2D eigenvalue weighted by molar-refractivity contribution is 0.248. The zero-order valence-electron chi connectivity index (χ0n) is 10.0. The van der Waals surface area contributed by atoms with E-state index in [2.05, 4.69) is 15.0 Å². The summed E-state index contributed by atoms with van der Waals surface area (Å²) in [7, 11) is -1.86. The fourth-order valence-electron chi connectivity index (χ4n) is 1.98. The van der Waals surface area contributed by atoms with Crippen LogP contribution in [0.4, 0.5) is 5.69 Å². The number of nitrogens with one attached hydrogen (secondary N) is 2. The van der Waals surface area contributed by atoms with Gasteiger partial charge in [-0.2, -0.15) is 0 Å². The van der Waals surface area contributed by atoms with Crippen LogP contribution in [0.1, 0.15) is 26.2 Å². The first kappa shape index (κ1) is 12.3. The topological polar surface area (TPSA) is 71.1 Å². The predicted octanol–water partition coefficient (Wildman–Crippen LogP) is 1.34. The molecule has 1 aliphatic rings. The van der Waals surface area contributed by atoms with Crippen LogP contribution >= 0.6 is 0 Å². The van der Waals surface area contributed by atoms with E-state index in [4.69, 9.17) is 0 Å². The third kappa shape index (κ3) is 2.42. The summed E-state index contributed by atoms with van der Waals surface area (Å²) < 4.78 is 27.1. The van der Waals surface area contributed by atoms with Crippen LogP contribution in [0.15, 0.2) is 23.4 Å². The van der Waals surface area contributed by atoms with Crippen molar-refractivity contribution in [3.63, 3.8) is 0 Å². The van der Waals surface area contributed by atoms with Gasteiger partial charge in [-0.3, -0.25) is 0 Å². The van der Waals surface area contributed by atoms with E-state index in [0.717, 1.165) is 19.3 Å². The van der Waals surface area contributed by atoms with E-state index in [0.29, 0.717) is 5.69 Å². The molecule has 0 amide bonds. The second-order valence-electron chi connectivity index (χ2n) is 4.63. The molecule has 0 aromatic carbocycles. The minimum Gasteiger partial charge on any atom is -0.386 e. The third-order valence-electron chi connectivity index (χ3n) is 3.13. The van der Waals surface area contributed by atoms with Crippen molar-refractivity contribution in [2.75, 3.05) is 12.4 Å². The fourth-order valence-corrected chi connectivity index (χ4v) is 3.59. The first-order chi connectivity index (χ1) is 7.97. The highest BCUT2D eigenvalue weighted by Crippen LogP contribution is 2.33. The summed E-state index contributed by atoms with van der Waals surface area (Å²) in [5.41, 5.74) is 0.212. The molecule has 0 atom stereocenters. The number of sulfonamides is 1. The molecular formula is C11H17N3O2S. The summed E-state index contributed by atoms with van der Waals surface area (Å²) in [6, 6.07) is 3.40. The summed E-state index contributed by atoms with van der Waals surface area (Å²) in [6.07, 6.45) is 4.32. The number of rotatable bonds is 4. The van der Waals surface area contributed by atoms with Gasteiger partial charge in [-0.25, -0.2) is 18.1 Å². The maximum Gasteiger partial charge on any atom is 0.260 e. The molecule has 0 aliphatic heterocycles. The highest BCUT2D eigenvalue weighted by Gasteiger charge is 2.37. The molecule has 2 rings (SSSR count). The van der Waals surface area contributed by atoms with Gasteiger partial charge in [-0.05, 0) is 38.3 Å². The molecule has 1 aromatic heterocycles. The predicted molar refractivity (Wildman–Crippen MR) is 66.4 cm³/mol. The van der Waals surface area contributed by atoms with E-state index in [1.807, 2.05) is 6.92 Å². The van der Waals surface area contributed by atoms with Crippen LogP contribution in [0, 0.1) is 0 Å². The van der Waals surface area contributed by atoms with E-state index in [1.54, 1.807) is 19.2 Å². The molecule has 5 nitrogen and oxygen atoms in total. The molecule has 1 aromatic rings. The van der Waals surface area contributed by atoms with Crippen LogP contribution < -0.4 is 10.0 Å². The van der Waals surface area contributed by atoms with Crippen molar-refractivity contribution in [1.82, 2.24) is 9.71 Å². The Morgan fingerprint density at radius 3 is 2.65 bits per heavy atom. The van der Waals surface area contributed by atoms with Crippen LogP contribution in [-0.4, -0.2) is 26.0 Å². The lowest BCUT2D eigenvalue weighted by Crippen LogP contribution is -2.50. The van der Waals surface area contributed by atoms with Crippen molar-refractivity contribution in [3.8, 4) is 0 Å². The molecule has 17 heavy (non-hydrogen) atoms. The zero-order valence-corrected chi connectivity index (χ0v) is 10.8. The van der Waals surface area contributed by atoms with Crippen LogP contribution in [0.2, 0.25) is 0 Å². The summed E-state index contributed by atoms with van der Waals surface area (Å²) in [5, 5.41) is 2.91. The quantitative estimate of drug-likeness (QED) is 0.852. The normalized spacial score (nSPS) is 18.5. The summed E-state index contributed by atoms with van der Waals surface area (Å²) in [5.74, 6) is 0. The summed E-state index contributed by atoms with van der Waals surface area (Å²) >= 11 is 0. The fraction of sp³-hybridized carbons (Fsp3) is 0.545. The zero-order chi connectivity index (χ0) is 12.5. The smallest absolute Gasteiger partial charge is 0.260 e. The Morgan fingerprint density at radius 2 is 2.12 bits per heavy atom. The molecule has 1 heterocycles. The maximum absolute atomic E-state index is 12.2. The van der Waals surface area contributed by atoms with E-state index in [-0.39, 0.29) is 10.6 Å². The van der Waals surface area contributed by atoms with Gasteiger partial charge >= 0.3 is 0 Å². The minimum atomic E-state index is -3.55. The average Bonchev–Trinajstić information content (AvgIpc) is 2.26. The number of pyridine rings is 1. The van der Waals surface area contributed by atoms with Gasteiger partial charge in [-0.1, -0.05) is 0 Å². The first-order valence-electron chi connectivity index (χ1n) is 5.64. The van der Waals surface area contributed by atoms with Gasteiger partial charge in [0.05, 0.1) is 5.69 Å². The number of hydrogen-bond donors (Lipinski definition) is 2. The molecular weight excluding hydrogens is 238 g/mol. The van der Waals surface area contributed by atoms with E-state index in [1.165, 1.54) is 6.20 Å². The van der Waals surface area contributed by atoms with Crippen LogP contribution in [0.5, 0.6) is 0 Å². The van der Waals surface area contributed by atoms with Crippen LogP contribution in [0.25, 0.3) is 0 Å². The molecule has 94 valence electrons. The molecule has 2 N–H and O–H groups in total. The molecule has 0 unspecified atom stereocenters. The number of nitrogens with zero attached hydrogens (tertiary/aromatic N) is 1. The highest BCUT2D eigenvalue weighted by atomic mass is 32.2. The molecule has 1 aliphatic carbocycles. The Labute approximate surface area is 102 Å². The molecule has 6 heteroatoms. The Hall–Kier alpha value is -1.14. The number of anilines is 1. The third-order valence-corrected chi connectivity index (χ3v) is 4.73. The second kappa shape index (κ2) is 4.27. The van der Waals surface area contributed by atoms with Crippen molar-refractivity contribution < 1.29 is 8.42 Å². The van der Waals surface area contributed by atoms with Gasteiger partial charge < -0.3 is 5.32 Å². The van der Waals surface area contributed by atoms with Crippen LogP contribution in [-0.2, 0) is 10.0 Å². The Kier molecular flexibility index (Phi) is 3.09. The van der Waals surface area contributed by atoms with Gasteiger partial charge in [0.2, 0.25) is 0 Å². The summed E-state index contributed by atoms with van der Waals surface area (Å²) in [6.45, 7) is 1.93. The van der Waals surface area contributed by atoms with E-state index >= 15 is 0 Å². The van der Waals surface area contributed by atoms with Crippen molar-refractivity contribution in [2.45, 2.75) is 36.8 Å². The number of hydrogen-bond acceptors (Lipinski definition) is 4. The van der Waals surface area contributed by atoms with Gasteiger partial charge in [0, 0.05) is 18.8 Å². The monoisotopic (exact) mass is 255 g/mol.